The lowest BCUT2D eigenvalue weighted by molar-refractivity contribution is -0.112. The van der Waals surface area contributed by atoms with Crippen molar-refractivity contribution in [1.29, 1.82) is 0 Å². The van der Waals surface area contributed by atoms with Crippen LogP contribution in [0.2, 0.25) is 0 Å². The van der Waals surface area contributed by atoms with Gasteiger partial charge in [-0.1, -0.05) is 31.1 Å². The number of alkyl halides is 1. The lowest BCUT2D eigenvalue weighted by atomic mass is 9.97. The molecule has 0 saturated heterocycles. The number of carbonyl (C=O) groups excluding carboxylic acids is 2. The lowest BCUT2D eigenvalue weighted by Gasteiger charge is -2.09. The number of anilines is 1. The molecule has 134 valence electrons. The van der Waals surface area contributed by atoms with Crippen molar-refractivity contribution in [3.8, 4) is 12.8 Å². The molecule has 0 radical (unpaired) electrons. The van der Waals surface area contributed by atoms with Crippen molar-refractivity contribution in [3.63, 3.8) is 0 Å². The van der Waals surface area contributed by atoms with Gasteiger partial charge in [0.2, 0.25) is 0 Å². The molecule has 0 unspecified atom stereocenters. The Morgan fingerprint density at radius 2 is 1.92 bits per heavy atom. The molecule has 0 bridgehead atoms. The summed E-state index contributed by atoms with van der Waals surface area (Å²) in [7, 11) is 0. The summed E-state index contributed by atoms with van der Waals surface area (Å²) < 4.78 is 0. The summed E-state index contributed by atoms with van der Waals surface area (Å²) in [5.74, 6) is 0.0512. The fraction of sp³-hybridized carbons (Fsp3) is 0.400. The molecule has 2 rings (SSSR count). The Labute approximate surface area is 159 Å². The fourth-order valence-corrected chi connectivity index (χ4v) is 4.26. The van der Waals surface area contributed by atoms with Crippen LogP contribution in [0, 0.1) is 12.8 Å². The van der Waals surface area contributed by atoms with Crippen molar-refractivity contribution in [3.05, 3.63) is 39.8 Å². The maximum absolute atomic E-state index is 12.4. The first kappa shape index (κ1) is 21.2. The van der Waals surface area contributed by atoms with Gasteiger partial charge in [0.25, 0.3) is 5.91 Å². The Morgan fingerprint density at radius 1 is 1.24 bits per heavy atom. The molecule has 1 N–H and O–H groups in total. The molecule has 0 aromatic carbocycles. The normalized spacial score (nSPS) is 14.6. The number of hydrogen-bond acceptors (Lipinski definition) is 3. The van der Waals surface area contributed by atoms with Gasteiger partial charge in [0.05, 0.1) is 5.56 Å². The number of terminal acetylenes is 1. The maximum Gasteiger partial charge on any atom is 0.255 e. The monoisotopic (exact) mass is 377 g/mol. The summed E-state index contributed by atoms with van der Waals surface area (Å²) in [6, 6.07) is 0. The molecule has 0 aliphatic heterocycles. The number of allylic oxidation sites excluding steroid dienone is 2. The molecule has 1 aliphatic rings. The van der Waals surface area contributed by atoms with E-state index in [2.05, 4.69) is 18.2 Å². The van der Waals surface area contributed by atoms with Crippen LogP contribution in [-0.2, 0) is 17.6 Å². The van der Waals surface area contributed by atoms with Gasteiger partial charge < -0.3 is 5.32 Å². The number of halogens is 1. The fourth-order valence-electron chi connectivity index (χ4n) is 2.84. The lowest BCUT2D eigenvalue weighted by Crippen LogP contribution is -2.13. The van der Waals surface area contributed by atoms with Gasteiger partial charge in [0.1, 0.15) is 5.00 Å². The quantitative estimate of drug-likeness (QED) is 0.253. The minimum atomic E-state index is -0.221. The number of amides is 1. The van der Waals surface area contributed by atoms with E-state index in [9.17, 15) is 9.59 Å². The Morgan fingerprint density at radius 3 is 2.52 bits per heavy atom. The molecule has 25 heavy (non-hydrogen) atoms. The highest BCUT2D eigenvalue weighted by atomic mass is 35.5. The highest BCUT2D eigenvalue weighted by Crippen LogP contribution is 2.36. The minimum absolute atomic E-state index is 0.221. The summed E-state index contributed by atoms with van der Waals surface area (Å²) in [6.07, 6.45) is 20.7. The van der Waals surface area contributed by atoms with Crippen molar-refractivity contribution in [1.82, 2.24) is 0 Å². The third-order valence-electron chi connectivity index (χ3n) is 3.96. The summed E-state index contributed by atoms with van der Waals surface area (Å²) in [5.41, 5.74) is 2.31. The Kier molecular flexibility index (Phi) is 9.91. The SMILES string of the molecule is C#C.C/C=C\C(=C/CCl)C(=O)Nc1sc2c(c1C=O)CCCCCC2. The van der Waals surface area contributed by atoms with E-state index in [1.165, 1.54) is 17.7 Å². The van der Waals surface area contributed by atoms with Crippen LogP contribution in [0.15, 0.2) is 23.8 Å². The summed E-state index contributed by atoms with van der Waals surface area (Å²) >= 11 is 7.26. The van der Waals surface area contributed by atoms with Crippen LogP contribution in [0.25, 0.3) is 0 Å². The zero-order valence-corrected chi connectivity index (χ0v) is 16.1. The van der Waals surface area contributed by atoms with E-state index in [-0.39, 0.29) is 11.8 Å². The molecule has 0 atom stereocenters. The van der Waals surface area contributed by atoms with Gasteiger partial charge in [0, 0.05) is 16.3 Å². The molecule has 3 nitrogen and oxygen atoms in total. The van der Waals surface area contributed by atoms with Crippen LogP contribution in [0.4, 0.5) is 5.00 Å². The zero-order chi connectivity index (χ0) is 18.7. The van der Waals surface area contributed by atoms with Crippen LogP contribution in [0.3, 0.4) is 0 Å². The number of carbonyl (C=O) groups is 2. The average Bonchev–Trinajstić information content (AvgIpc) is 2.92. The minimum Gasteiger partial charge on any atom is -0.313 e. The third-order valence-corrected chi connectivity index (χ3v) is 5.34. The Bertz CT molecular complexity index is 671. The van der Waals surface area contributed by atoms with Crippen molar-refractivity contribution >= 4 is 40.1 Å². The number of rotatable bonds is 5. The van der Waals surface area contributed by atoms with Crippen LogP contribution in [0.1, 0.15) is 53.4 Å². The van der Waals surface area contributed by atoms with E-state index < -0.39 is 0 Å². The zero-order valence-electron chi connectivity index (χ0n) is 14.5. The first-order valence-electron chi connectivity index (χ1n) is 8.34. The van der Waals surface area contributed by atoms with Gasteiger partial charge in [-0.05, 0) is 38.2 Å². The molecule has 1 aromatic heterocycles. The van der Waals surface area contributed by atoms with Gasteiger partial charge in [-0.25, -0.2) is 0 Å². The molecule has 0 spiro atoms. The second-order valence-corrected chi connectivity index (χ2v) is 6.96. The predicted molar refractivity (Wildman–Crippen MR) is 108 cm³/mol. The predicted octanol–water partition coefficient (Wildman–Crippen LogP) is 5.15. The number of fused-ring (bicyclic) bond motifs is 1. The molecular weight excluding hydrogens is 354 g/mol. The van der Waals surface area contributed by atoms with Crippen molar-refractivity contribution in [2.45, 2.75) is 45.4 Å². The number of nitrogens with one attached hydrogen (secondary N) is 1. The number of hydrogen-bond donors (Lipinski definition) is 1. The number of aldehydes is 1. The Balaban J connectivity index is 0.00000151. The Hall–Kier alpha value is -1.83. The van der Waals surface area contributed by atoms with E-state index in [1.54, 1.807) is 29.6 Å². The second kappa shape index (κ2) is 11.7. The van der Waals surface area contributed by atoms with Crippen LogP contribution < -0.4 is 5.32 Å². The molecule has 1 amide bonds. The second-order valence-electron chi connectivity index (χ2n) is 5.55. The van der Waals surface area contributed by atoms with Gasteiger partial charge in [-0.3, -0.25) is 9.59 Å². The highest BCUT2D eigenvalue weighted by Gasteiger charge is 2.20. The molecule has 1 heterocycles. The molecule has 5 heteroatoms. The standard InChI is InChI=1S/C18H22ClNO2S.C2H2/c1-2-7-13(10-11-19)17(22)20-18-15(12-21)14-8-5-3-4-6-9-16(14)23-18;1-2/h2,7,10,12H,3-6,8-9,11H2,1H3,(H,20,22);1-2H/b7-2-,13-10+;. The molecular formula is C20H24ClNO2S. The van der Waals surface area contributed by atoms with E-state index in [1.807, 2.05) is 6.92 Å². The summed E-state index contributed by atoms with van der Waals surface area (Å²) in [5, 5.41) is 3.57. The van der Waals surface area contributed by atoms with Gasteiger partial charge in [-0.15, -0.1) is 35.8 Å². The first-order valence-corrected chi connectivity index (χ1v) is 9.69. The molecule has 1 aromatic rings. The van der Waals surface area contributed by atoms with Crippen molar-refractivity contribution < 1.29 is 9.59 Å². The average molecular weight is 378 g/mol. The van der Waals surface area contributed by atoms with Crippen molar-refractivity contribution in [2.75, 3.05) is 11.2 Å². The molecule has 1 aliphatic carbocycles. The number of thiophene rings is 1. The van der Waals surface area contributed by atoms with Gasteiger partial charge in [-0.2, -0.15) is 0 Å². The summed E-state index contributed by atoms with van der Waals surface area (Å²) in [4.78, 5) is 25.2. The molecule has 0 saturated carbocycles. The smallest absolute Gasteiger partial charge is 0.255 e. The molecule has 0 fully saturated rings. The van der Waals surface area contributed by atoms with E-state index in [4.69, 9.17) is 11.6 Å². The largest absolute Gasteiger partial charge is 0.313 e. The van der Waals surface area contributed by atoms with E-state index in [0.717, 1.165) is 37.5 Å². The van der Waals surface area contributed by atoms with Crippen molar-refractivity contribution in [2.24, 2.45) is 0 Å². The number of aryl methyl sites for hydroxylation is 1. The van der Waals surface area contributed by atoms with Gasteiger partial charge >= 0.3 is 0 Å². The summed E-state index contributed by atoms with van der Waals surface area (Å²) in [6.45, 7) is 1.85. The van der Waals surface area contributed by atoms with Gasteiger partial charge in [0.15, 0.2) is 6.29 Å². The highest BCUT2D eigenvalue weighted by molar-refractivity contribution is 7.16. The van der Waals surface area contributed by atoms with Crippen LogP contribution in [0.5, 0.6) is 0 Å². The first-order chi connectivity index (χ1) is 12.2. The third kappa shape index (κ3) is 5.88. The van der Waals surface area contributed by atoms with E-state index in [0.29, 0.717) is 16.1 Å². The van der Waals surface area contributed by atoms with Crippen LogP contribution >= 0.6 is 22.9 Å². The van der Waals surface area contributed by atoms with Crippen LogP contribution in [-0.4, -0.2) is 18.1 Å². The van der Waals surface area contributed by atoms with E-state index >= 15 is 0 Å². The topological polar surface area (TPSA) is 46.2 Å². The maximum atomic E-state index is 12.4.